The zero-order valence-electron chi connectivity index (χ0n) is 19.3. The summed E-state index contributed by atoms with van der Waals surface area (Å²) in [6.45, 7) is 1.73. The number of hydrogen-bond acceptors (Lipinski definition) is 5. The molecule has 0 spiro atoms. The van der Waals surface area contributed by atoms with Crippen LogP contribution < -0.4 is 20.9 Å². The van der Waals surface area contributed by atoms with Crippen molar-refractivity contribution in [2.24, 2.45) is 11.8 Å². The van der Waals surface area contributed by atoms with Crippen LogP contribution in [0.1, 0.15) is 38.5 Å². The van der Waals surface area contributed by atoms with E-state index in [9.17, 15) is 9.59 Å². The van der Waals surface area contributed by atoms with Crippen LogP contribution in [0.5, 0.6) is 0 Å². The Bertz CT molecular complexity index is 1000. The molecule has 1 aromatic heterocycles. The SMILES string of the molecule is O=C(N[C@H]1CCCC[C@H]1NC(=O)C1CCN(c2ccncc2)CC1)C1=CC2C=C(Cl)C=CC2N1. The summed E-state index contributed by atoms with van der Waals surface area (Å²) in [5, 5.41) is 10.5. The Kier molecular flexibility index (Phi) is 6.90. The van der Waals surface area contributed by atoms with Gasteiger partial charge in [0.2, 0.25) is 5.91 Å². The Morgan fingerprint density at radius 3 is 2.44 bits per heavy atom. The van der Waals surface area contributed by atoms with E-state index in [0.717, 1.165) is 57.3 Å². The Hall–Kier alpha value is -2.80. The molecule has 2 unspecified atom stereocenters. The van der Waals surface area contributed by atoms with Crippen LogP contribution in [0.15, 0.2) is 59.6 Å². The Balaban J connectivity index is 1.15. The fourth-order valence-corrected chi connectivity index (χ4v) is 5.72. The first-order valence-corrected chi connectivity index (χ1v) is 12.7. The number of hydrogen-bond donors (Lipinski definition) is 3. The monoisotopic (exact) mass is 481 g/mol. The highest BCUT2D eigenvalue weighted by Crippen LogP contribution is 2.28. The molecule has 1 saturated carbocycles. The number of anilines is 1. The standard InChI is InChI=1S/C26H32ClN5O2/c27-19-5-6-21-18(15-19)16-24(29-21)26(34)31-23-4-2-1-3-22(23)30-25(33)17-9-13-32(14-10-17)20-7-11-28-12-8-20/h5-8,11-12,15-18,21-23,29H,1-4,9-10,13-14H2,(H,30,33)(H,31,34)/t18?,21?,22-,23+/m1/s1. The number of nitrogens with one attached hydrogen (secondary N) is 3. The normalized spacial score (nSPS) is 28.9. The lowest BCUT2D eigenvalue weighted by atomic mass is 9.88. The van der Waals surface area contributed by atoms with Crippen LogP contribution in [-0.2, 0) is 9.59 Å². The highest BCUT2D eigenvalue weighted by Gasteiger charge is 2.34. The summed E-state index contributed by atoms with van der Waals surface area (Å²) >= 11 is 6.11. The van der Waals surface area contributed by atoms with E-state index >= 15 is 0 Å². The first kappa shape index (κ1) is 23.0. The predicted octanol–water partition coefficient (Wildman–Crippen LogP) is 3.01. The van der Waals surface area contributed by atoms with E-state index in [2.05, 4.69) is 25.8 Å². The van der Waals surface area contributed by atoms with Gasteiger partial charge in [-0.15, -0.1) is 0 Å². The Morgan fingerprint density at radius 2 is 1.71 bits per heavy atom. The van der Waals surface area contributed by atoms with E-state index < -0.39 is 0 Å². The van der Waals surface area contributed by atoms with Gasteiger partial charge in [0.1, 0.15) is 0 Å². The van der Waals surface area contributed by atoms with Gasteiger partial charge >= 0.3 is 0 Å². The molecule has 8 heteroatoms. The number of fused-ring (bicyclic) bond motifs is 1. The van der Waals surface area contributed by atoms with Gasteiger partial charge in [0.15, 0.2) is 0 Å². The topological polar surface area (TPSA) is 86.4 Å². The van der Waals surface area contributed by atoms with Crippen molar-refractivity contribution in [2.45, 2.75) is 56.7 Å². The number of rotatable bonds is 5. The van der Waals surface area contributed by atoms with Crippen LogP contribution >= 0.6 is 11.6 Å². The summed E-state index contributed by atoms with van der Waals surface area (Å²) in [7, 11) is 0. The van der Waals surface area contributed by atoms with Gasteiger partial charge in [0.25, 0.3) is 5.91 Å². The molecule has 2 aliphatic heterocycles. The van der Waals surface area contributed by atoms with Crippen molar-refractivity contribution in [2.75, 3.05) is 18.0 Å². The lowest BCUT2D eigenvalue weighted by molar-refractivity contribution is -0.127. The number of carbonyl (C=O) groups is 2. The Morgan fingerprint density at radius 1 is 1.00 bits per heavy atom. The smallest absolute Gasteiger partial charge is 0.267 e. The van der Waals surface area contributed by atoms with Gasteiger partial charge in [-0.25, -0.2) is 0 Å². The van der Waals surface area contributed by atoms with E-state index in [0.29, 0.717) is 10.7 Å². The van der Waals surface area contributed by atoms with Crippen LogP contribution in [-0.4, -0.2) is 48.0 Å². The molecular formula is C26H32ClN5O2. The van der Waals surface area contributed by atoms with Crippen LogP contribution in [0.25, 0.3) is 0 Å². The summed E-state index contributed by atoms with van der Waals surface area (Å²) in [4.78, 5) is 32.5. The molecule has 5 rings (SSSR count). The summed E-state index contributed by atoms with van der Waals surface area (Å²) in [6.07, 6.45) is 16.9. The molecule has 7 nitrogen and oxygen atoms in total. The number of allylic oxidation sites excluding steroid dienone is 2. The van der Waals surface area contributed by atoms with Crippen molar-refractivity contribution in [3.63, 3.8) is 0 Å². The molecule has 2 aliphatic carbocycles. The predicted molar refractivity (Wildman–Crippen MR) is 133 cm³/mol. The quantitative estimate of drug-likeness (QED) is 0.602. The van der Waals surface area contributed by atoms with Gasteiger partial charge in [-0.2, -0.15) is 0 Å². The summed E-state index contributed by atoms with van der Waals surface area (Å²) < 4.78 is 0. The second-order valence-electron chi connectivity index (χ2n) is 9.68. The molecular weight excluding hydrogens is 450 g/mol. The summed E-state index contributed by atoms with van der Waals surface area (Å²) in [5.74, 6) is 0.124. The van der Waals surface area contributed by atoms with E-state index in [1.54, 1.807) is 12.4 Å². The highest BCUT2D eigenvalue weighted by molar-refractivity contribution is 6.31. The molecule has 0 bridgehead atoms. The van der Waals surface area contributed by atoms with Crippen molar-refractivity contribution >= 4 is 29.1 Å². The van der Waals surface area contributed by atoms with Crippen LogP contribution in [0.2, 0.25) is 0 Å². The number of piperidine rings is 1. The summed E-state index contributed by atoms with van der Waals surface area (Å²) in [6, 6.07) is 4.02. The van der Waals surface area contributed by atoms with E-state index in [1.807, 2.05) is 36.4 Å². The molecule has 0 aromatic carbocycles. The highest BCUT2D eigenvalue weighted by atomic mass is 35.5. The van der Waals surface area contributed by atoms with Crippen molar-refractivity contribution in [1.29, 1.82) is 0 Å². The molecule has 1 saturated heterocycles. The third-order valence-electron chi connectivity index (χ3n) is 7.46. The molecule has 4 atom stereocenters. The number of carbonyl (C=O) groups excluding carboxylic acids is 2. The third kappa shape index (κ3) is 5.14. The van der Waals surface area contributed by atoms with Crippen molar-refractivity contribution < 1.29 is 9.59 Å². The van der Waals surface area contributed by atoms with Gasteiger partial charge < -0.3 is 20.9 Å². The zero-order chi connectivity index (χ0) is 23.5. The van der Waals surface area contributed by atoms with Gasteiger partial charge in [-0.3, -0.25) is 14.6 Å². The third-order valence-corrected chi connectivity index (χ3v) is 7.71. The van der Waals surface area contributed by atoms with Crippen molar-refractivity contribution in [1.82, 2.24) is 20.9 Å². The minimum absolute atomic E-state index is 0.0158. The molecule has 4 aliphatic rings. The molecule has 34 heavy (non-hydrogen) atoms. The first-order valence-electron chi connectivity index (χ1n) is 12.4. The average molecular weight is 482 g/mol. The second kappa shape index (κ2) is 10.2. The van der Waals surface area contributed by atoms with Gasteiger partial charge in [-0.1, -0.05) is 36.6 Å². The number of halogens is 1. The van der Waals surface area contributed by atoms with Gasteiger partial charge in [-0.05, 0) is 50.0 Å². The largest absolute Gasteiger partial charge is 0.374 e. The fraction of sp³-hybridized carbons (Fsp3) is 0.500. The lowest BCUT2D eigenvalue weighted by Gasteiger charge is -2.36. The number of aromatic nitrogens is 1. The molecule has 180 valence electrons. The van der Waals surface area contributed by atoms with Crippen LogP contribution in [0.3, 0.4) is 0 Å². The Labute approximate surface area is 205 Å². The molecule has 2 fully saturated rings. The molecule has 2 amide bonds. The van der Waals surface area contributed by atoms with E-state index in [1.165, 1.54) is 0 Å². The minimum atomic E-state index is -0.107. The first-order chi connectivity index (χ1) is 16.6. The minimum Gasteiger partial charge on any atom is -0.374 e. The fourth-order valence-electron chi connectivity index (χ4n) is 5.50. The van der Waals surface area contributed by atoms with E-state index in [-0.39, 0.29) is 41.8 Å². The summed E-state index contributed by atoms with van der Waals surface area (Å²) in [5.41, 5.74) is 1.74. The maximum absolute atomic E-state index is 13.1. The maximum Gasteiger partial charge on any atom is 0.267 e. The van der Waals surface area contributed by atoms with Crippen LogP contribution in [0.4, 0.5) is 5.69 Å². The van der Waals surface area contributed by atoms with Gasteiger partial charge in [0, 0.05) is 60.1 Å². The number of nitrogens with zero attached hydrogens (tertiary/aromatic N) is 2. The molecule has 1 aromatic rings. The molecule has 0 radical (unpaired) electrons. The second-order valence-corrected chi connectivity index (χ2v) is 10.1. The maximum atomic E-state index is 13.1. The average Bonchev–Trinajstić information content (AvgIpc) is 3.29. The van der Waals surface area contributed by atoms with Gasteiger partial charge in [0.05, 0.1) is 11.7 Å². The lowest BCUT2D eigenvalue weighted by Crippen LogP contribution is -2.55. The molecule has 3 heterocycles. The number of amides is 2. The zero-order valence-corrected chi connectivity index (χ0v) is 20.0. The molecule has 3 N–H and O–H groups in total. The van der Waals surface area contributed by atoms with Crippen LogP contribution in [0, 0.1) is 11.8 Å². The van der Waals surface area contributed by atoms with Crippen molar-refractivity contribution in [3.8, 4) is 0 Å². The number of pyridine rings is 1. The van der Waals surface area contributed by atoms with Crippen molar-refractivity contribution in [3.05, 3.63) is 59.6 Å². The van der Waals surface area contributed by atoms with E-state index in [4.69, 9.17) is 11.6 Å².